The van der Waals surface area contributed by atoms with Crippen molar-refractivity contribution in [2.75, 3.05) is 11.9 Å². The Labute approximate surface area is 201 Å². The molecule has 8 heteroatoms. The number of aryl methyl sites for hydroxylation is 2. The fourth-order valence-corrected chi connectivity index (χ4v) is 4.47. The van der Waals surface area contributed by atoms with Gasteiger partial charge in [0.1, 0.15) is 5.75 Å². The fraction of sp³-hybridized carbons (Fsp3) is 0.154. The molecular weight excluding hydrogens is 446 g/mol. The van der Waals surface area contributed by atoms with Crippen LogP contribution in [0.15, 0.2) is 76.4 Å². The number of rotatable bonds is 4. The first-order valence-electron chi connectivity index (χ1n) is 10.8. The standard InChI is InChI=1S/C26H23N5O2S/c1-16-4-6-21(12-17(16)2)28-26-31(30-18(3)19-8-10-27-11-9-19)23(15-34-26)20-5-7-24-22(13-20)29-25(32)14-33-24/h4-13,15H,14H2,1-3H3,(H,29,32). The highest BCUT2D eigenvalue weighted by atomic mass is 32.1. The van der Waals surface area contributed by atoms with Gasteiger partial charge in [0, 0.05) is 28.9 Å². The van der Waals surface area contributed by atoms with Crippen LogP contribution >= 0.6 is 11.3 Å². The monoisotopic (exact) mass is 469 g/mol. The number of amides is 1. The molecule has 1 aliphatic rings. The summed E-state index contributed by atoms with van der Waals surface area (Å²) in [5.41, 5.74) is 7.50. The molecule has 0 spiro atoms. The van der Waals surface area contributed by atoms with Crippen molar-refractivity contribution < 1.29 is 9.53 Å². The molecule has 0 saturated heterocycles. The van der Waals surface area contributed by atoms with E-state index in [9.17, 15) is 4.79 Å². The van der Waals surface area contributed by atoms with Crippen LogP contribution in [0.5, 0.6) is 5.75 Å². The third kappa shape index (κ3) is 4.40. The first-order valence-corrected chi connectivity index (χ1v) is 11.7. The lowest BCUT2D eigenvalue weighted by Gasteiger charge is -2.18. The van der Waals surface area contributed by atoms with Crippen molar-refractivity contribution >= 4 is 34.3 Å². The topological polar surface area (TPSA) is 80.9 Å². The van der Waals surface area contributed by atoms with E-state index in [1.54, 1.807) is 12.4 Å². The number of pyridine rings is 1. The maximum atomic E-state index is 11.8. The first kappa shape index (κ1) is 21.8. The molecule has 5 rings (SSSR count). The summed E-state index contributed by atoms with van der Waals surface area (Å²) in [6, 6.07) is 15.8. The number of ether oxygens (including phenoxy) is 1. The Morgan fingerprint density at radius 3 is 2.71 bits per heavy atom. The molecule has 0 fully saturated rings. The summed E-state index contributed by atoms with van der Waals surface area (Å²) >= 11 is 1.51. The summed E-state index contributed by atoms with van der Waals surface area (Å²) in [4.78, 5) is 21.6. The van der Waals surface area contributed by atoms with Crippen LogP contribution in [0, 0.1) is 13.8 Å². The second-order valence-electron chi connectivity index (χ2n) is 8.06. The highest BCUT2D eigenvalue weighted by Crippen LogP contribution is 2.33. The van der Waals surface area contributed by atoms with Crippen molar-refractivity contribution in [1.29, 1.82) is 0 Å². The number of carbonyl (C=O) groups excluding carboxylic acids is 1. The Kier molecular flexibility index (Phi) is 5.81. The molecule has 0 bridgehead atoms. The molecule has 1 N–H and O–H groups in total. The second kappa shape index (κ2) is 9.07. The van der Waals surface area contributed by atoms with Gasteiger partial charge in [-0.25, -0.2) is 9.67 Å². The Morgan fingerprint density at radius 2 is 1.91 bits per heavy atom. The van der Waals surface area contributed by atoms with Crippen LogP contribution in [-0.4, -0.2) is 27.9 Å². The van der Waals surface area contributed by atoms with Crippen molar-refractivity contribution in [2.24, 2.45) is 10.1 Å². The lowest BCUT2D eigenvalue weighted by Crippen LogP contribution is -2.25. The molecule has 0 saturated carbocycles. The van der Waals surface area contributed by atoms with Crippen molar-refractivity contribution in [3.63, 3.8) is 0 Å². The quantitative estimate of drug-likeness (QED) is 0.424. The van der Waals surface area contributed by atoms with Crippen LogP contribution in [0.25, 0.3) is 11.3 Å². The Morgan fingerprint density at radius 1 is 1.09 bits per heavy atom. The lowest BCUT2D eigenvalue weighted by molar-refractivity contribution is -0.118. The summed E-state index contributed by atoms with van der Waals surface area (Å²) in [7, 11) is 0. The van der Waals surface area contributed by atoms with E-state index in [0.717, 1.165) is 33.0 Å². The van der Waals surface area contributed by atoms with Gasteiger partial charge in [-0.15, -0.1) is 11.3 Å². The predicted octanol–water partition coefficient (Wildman–Crippen LogP) is 5.06. The maximum Gasteiger partial charge on any atom is 0.262 e. The number of anilines is 1. The van der Waals surface area contributed by atoms with Gasteiger partial charge >= 0.3 is 0 Å². The zero-order valence-corrected chi connectivity index (χ0v) is 19.9. The molecular formula is C26H23N5O2S. The largest absolute Gasteiger partial charge is 0.482 e. The van der Waals surface area contributed by atoms with Gasteiger partial charge in [0.25, 0.3) is 5.91 Å². The molecule has 0 atom stereocenters. The number of fused-ring (bicyclic) bond motifs is 1. The van der Waals surface area contributed by atoms with Gasteiger partial charge in [0.15, 0.2) is 6.61 Å². The molecule has 4 aromatic rings. The number of hydrogen-bond acceptors (Lipinski definition) is 6. The van der Waals surface area contributed by atoms with Crippen LogP contribution in [0.3, 0.4) is 0 Å². The van der Waals surface area contributed by atoms with Crippen LogP contribution < -0.4 is 14.9 Å². The number of thiazole rings is 1. The van der Waals surface area contributed by atoms with E-state index in [4.69, 9.17) is 14.8 Å². The zero-order chi connectivity index (χ0) is 23.7. The van der Waals surface area contributed by atoms with Crippen LogP contribution in [0.2, 0.25) is 0 Å². The third-order valence-corrected chi connectivity index (χ3v) is 6.47. The first-order chi connectivity index (χ1) is 16.5. The van der Waals surface area contributed by atoms with Gasteiger partial charge in [-0.3, -0.25) is 9.78 Å². The molecule has 1 aliphatic heterocycles. The van der Waals surface area contributed by atoms with Gasteiger partial charge in [-0.1, -0.05) is 6.07 Å². The number of benzene rings is 2. The molecule has 0 unspecified atom stereocenters. The van der Waals surface area contributed by atoms with E-state index >= 15 is 0 Å². The summed E-state index contributed by atoms with van der Waals surface area (Å²) in [5.74, 6) is 0.487. The Bertz CT molecular complexity index is 1480. The number of aromatic nitrogens is 2. The maximum absolute atomic E-state index is 11.8. The van der Waals surface area contributed by atoms with Gasteiger partial charge in [0.2, 0.25) is 4.80 Å². The van der Waals surface area contributed by atoms with Crippen LogP contribution in [0.4, 0.5) is 11.4 Å². The molecule has 2 aromatic carbocycles. The van der Waals surface area contributed by atoms with Gasteiger partial charge in [-0.05, 0) is 74.4 Å². The average Bonchev–Trinajstić information content (AvgIpc) is 3.23. The number of nitrogens with one attached hydrogen (secondary N) is 1. The summed E-state index contributed by atoms with van der Waals surface area (Å²) < 4.78 is 7.37. The van der Waals surface area contributed by atoms with E-state index in [-0.39, 0.29) is 12.5 Å². The molecule has 170 valence electrons. The molecule has 0 radical (unpaired) electrons. The van der Waals surface area contributed by atoms with Crippen molar-refractivity contribution in [1.82, 2.24) is 9.66 Å². The fourth-order valence-electron chi connectivity index (χ4n) is 3.62. The summed E-state index contributed by atoms with van der Waals surface area (Å²) in [6.07, 6.45) is 3.50. The van der Waals surface area contributed by atoms with E-state index in [1.165, 1.54) is 22.5 Å². The van der Waals surface area contributed by atoms with Crippen LogP contribution in [-0.2, 0) is 4.79 Å². The third-order valence-electron chi connectivity index (χ3n) is 5.66. The minimum atomic E-state index is -0.167. The highest BCUT2D eigenvalue weighted by molar-refractivity contribution is 7.07. The normalized spacial score (nSPS) is 13.9. The number of nitrogens with zero attached hydrogens (tertiary/aromatic N) is 4. The molecule has 7 nitrogen and oxygen atoms in total. The molecule has 0 aliphatic carbocycles. The molecule has 34 heavy (non-hydrogen) atoms. The van der Waals surface area contributed by atoms with Crippen molar-refractivity contribution in [3.05, 3.63) is 87.8 Å². The molecule has 3 heterocycles. The average molecular weight is 470 g/mol. The van der Waals surface area contributed by atoms with E-state index in [1.807, 2.05) is 53.4 Å². The Hall–Kier alpha value is -4.04. The van der Waals surface area contributed by atoms with Gasteiger partial charge in [-0.2, -0.15) is 5.10 Å². The van der Waals surface area contributed by atoms with Crippen molar-refractivity contribution in [3.8, 4) is 17.0 Å². The zero-order valence-electron chi connectivity index (χ0n) is 19.1. The lowest BCUT2D eigenvalue weighted by atomic mass is 10.1. The van der Waals surface area contributed by atoms with Gasteiger partial charge in [0.05, 0.1) is 22.8 Å². The summed E-state index contributed by atoms with van der Waals surface area (Å²) in [6.45, 7) is 6.16. The Balaban J connectivity index is 1.67. The van der Waals surface area contributed by atoms with Crippen LogP contribution in [0.1, 0.15) is 23.6 Å². The smallest absolute Gasteiger partial charge is 0.262 e. The SMILES string of the molecule is CC(=Nn1c(-c2ccc3c(c2)NC(=O)CO3)csc1=Nc1ccc(C)c(C)c1)c1ccncc1. The number of hydrogen-bond donors (Lipinski definition) is 1. The minimum absolute atomic E-state index is 0.0270. The second-order valence-corrected chi connectivity index (χ2v) is 8.90. The van der Waals surface area contributed by atoms with Crippen molar-refractivity contribution in [2.45, 2.75) is 20.8 Å². The van der Waals surface area contributed by atoms with E-state index < -0.39 is 0 Å². The van der Waals surface area contributed by atoms with E-state index in [0.29, 0.717) is 11.4 Å². The molecule has 1 amide bonds. The minimum Gasteiger partial charge on any atom is -0.482 e. The van der Waals surface area contributed by atoms with E-state index in [2.05, 4.69) is 36.3 Å². The summed E-state index contributed by atoms with van der Waals surface area (Å²) in [5, 5.41) is 9.83. The predicted molar refractivity (Wildman–Crippen MR) is 135 cm³/mol. The number of carbonyl (C=O) groups is 1. The van der Waals surface area contributed by atoms with Gasteiger partial charge < -0.3 is 10.1 Å². The highest BCUT2D eigenvalue weighted by Gasteiger charge is 2.18. The molecule has 2 aromatic heterocycles.